The highest BCUT2D eigenvalue weighted by Gasteiger charge is 2.15. The van der Waals surface area contributed by atoms with Gasteiger partial charge in [0.05, 0.1) is 13.2 Å². The third-order valence-corrected chi connectivity index (χ3v) is 3.38. The van der Waals surface area contributed by atoms with Crippen molar-refractivity contribution in [2.75, 3.05) is 7.11 Å². The lowest BCUT2D eigenvalue weighted by atomic mass is 10.4. The number of hydrogen-bond acceptors (Lipinski definition) is 8. The number of nitrogens with zero attached hydrogens (tertiary/aromatic N) is 5. The van der Waals surface area contributed by atoms with Crippen molar-refractivity contribution in [1.82, 2.24) is 14.3 Å². The second kappa shape index (κ2) is 6.52. The van der Waals surface area contributed by atoms with Gasteiger partial charge in [-0.15, -0.1) is 10.2 Å². The molecule has 0 amide bonds. The highest BCUT2D eigenvalue weighted by atomic mass is 32.1. The number of ether oxygens (including phenoxy) is 1. The van der Waals surface area contributed by atoms with Crippen LogP contribution in [0.4, 0.5) is 11.5 Å². The maximum absolute atomic E-state index is 12.3. The first-order valence-corrected chi connectivity index (χ1v) is 6.93. The highest BCUT2D eigenvalue weighted by Crippen LogP contribution is 2.25. The quantitative estimate of drug-likeness (QED) is 0.668. The summed E-state index contributed by atoms with van der Waals surface area (Å²) in [7, 11) is 1.42. The molecule has 0 saturated heterocycles. The van der Waals surface area contributed by atoms with Crippen LogP contribution in [0.2, 0.25) is 0 Å². The molecule has 2 rings (SSSR count). The molecule has 9 nitrogen and oxygen atoms in total. The molecule has 0 aliphatic carbocycles. The summed E-state index contributed by atoms with van der Waals surface area (Å²) in [6.07, 6.45) is 0. The molecular weight excluding hydrogens is 310 g/mol. The maximum atomic E-state index is 12.3. The van der Waals surface area contributed by atoms with E-state index in [0.717, 1.165) is 0 Å². The van der Waals surface area contributed by atoms with Crippen LogP contribution in [0.3, 0.4) is 0 Å². The van der Waals surface area contributed by atoms with E-state index in [2.05, 4.69) is 15.4 Å². The lowest BCUT2D eigenvalue weighted by Crippen LogP contribution is -2.24. The predicted molar refractivity (Wildman–Crippen MR) is 79.8 cm³/mol. The molecule has 118 valence electrons. The molecule has 2 aromatic heterocycles. The van der Waals surface area contributed by atoms with E-state index in [9.17, 15) is 9.90 Å². The summed E-state index contributed by atoms with van der Waals surface area (Å²) in [6, 6.07) is 1.40. The number of aromatic hydroxyl groups is 1. The largest absolute Gasteiger partial charge is 0.493 e. The van der Waals surface area contributed by atoms with Gasteiger partial charge in [0.15, 0.2) is 4.77 Å². The SMILES string of the molecule is CCn1c(O)c(N=Nc2cc(OC)on2)c(=O)n(CC)c1=S. The van der Waals surface area contributed by atoms with Crippen LogP contribution < -0.4 is 10.3 Å². The van der Waals surface area contributed by atoms with Crippen molar-refractivity contribution in [2.45, 2.75) is 26.9 Å². The Morgan fingerprint density at radius 2 is 2.05 bits per heavy atom. The number of hydrogen-bond donors (Lipinski definition) is 1. The van der Waals surface area contributed by atoms with Gasteiger partial charge >= 0.3 is 5.95 Å². The second-order valence-corrected chi connectivity index (χ2v) is 4.52. The molecular formula is C12H15N5O4S. The molecule has 1 N–H and O–H groups in total. The molecule has 2 aromatic rings. The third-order valence-electron chi connectivity index (χ3n) is 2.94. The third kappa shape index (κ3) is 2.77. The zero-order valence-electron chi connectivity index (χ0n) is 12.3. The van der Waals surface area contributed by atoms with E-state index in [-0.39, 0.29) is 28.1 Å². The molecule has 0 fully saturated rings. The van der Waals surface area contributed by atoms with E-state index in [1.807, 2.05) is 0 Å². The topological polar surface area (TPSA) is 107 Å². The molecule has 0 saturated carbocycles. The molecule has 0 aromatic carbocycles. The molecule has 10 heteroatoms. The van der Waals surface area contributed by atoms with Crippen LogP contribution in [0.5, 0.6) is 11.8 Å². The van der Waals surface area contributed by atoms with Crippen molar-refractivity contribution >= 4 is 23.7 Å². The van der Waals surface area contributed by atoms with E-state index in [0.29, 0.717) is 13.1 Å². The molecule has 0 unspecified atom stereocenters. The zero-order chi connectivity index (χ0) is 16.3. The second-order valence-electron chi connectivity index (χ2n) is 4.16. The molecule has 0 radical (unpaired) electrons. The van der Waals surface area contributed by atoms with Gasteiger partial charge in [-0.3, -0.25) is 13.9 Å². The fourth-order valence-electron chi connectivity index (χ4n) is 1.82. The summed E-state index contributed by atoms with van der Waals surface area (Å²) >= 11 is 5.17. The Morgan fingerprint density at radius 3 is 2.59 bits per heavy atom. The van der Waals surface area contributed by atoms with Crippen LogP contribution in [0.1, 0.15) is 13.8 Å². The molecule has 0 bridgehead atoms. The van der Waals surface area contributed by atoms with Gasteiger partial charge in [0.2, 0.25) is 17.4 Å². The van der Waals surface area contributed by atoms with Crippen molar-refractivity contribution in [2.24, 2.45) is 10.2 Å². The predicted octanol–water partition coefficient (Wildman–Crippen LogP) is 2.54. The summed E-state index contributed by atoms with van der Waals surface area (Å²) in [5, 5.41) is 21.3. The molecule has 0 atom stereocenters. The van der Waals surface area contributed by atoms with E-state index in [4.69, 9.17) is 21.5 Å². The van der Waals surface area contributed by atoms with Crippen molar-refractivity contribution < 1.29 is 14.4 Å². The average molecular weight is 325 g/mol. The summed E-state index contributed by atoms with van der Waals surface area (Å²) in [4.78, 5) is 12.3. The number of azo groups is 1. The van der Waals surface area contributed by atoms with Gasteiger partial charge in [-0.05, 0) is 26.1 Å². The summed E-state index contributed by atoms with van der Waals surface area (Å²) in [5.41, 5.74) is -0.729. The fourth-order valence-corrected chi connectivity index (χ4v) is 2.25. The van der Waals surface area contributed by atoms with Crippen LogP contribution >= 0.6 is 12.2 Å². The van der Waals surface area contributed by atoms with Gasteiger partial charge < -0.3 is 14.4 Å². The minimum absolute atomic E-state index is 0.115. The Hall–Kier alpha value is -2.49. The Labute approximate surface area is 130 Å². The van der Waals surface area contributed by atoms with E-state index in [1.165, 1.54) is 22.3 Å². The van der Waals surface area contributed by atoms with Crippen molar-refractivity contribution in [3.8, 4) is 11.8 Å². The summed E-state index contributed by atoms with van der Waals surface area (Å²) < 4.78 is 12.6. The van der Waals surface area contributed by atoms with Crippen LogP contribution in [-0.2, 0) is 13.1 Å². The first kappa shape index (κ1) is 15.9. The monoisotopic (exact) mass is 325 g/mol. The van der Waals surface area contributed by atoms with Gasteiger partial charge in [-0.1, -0.05) is 5.16 Å². The lowest BCUT2D eigenvalue weighted by molar-refractivity contribution is 0.261. The molecule has 0 spiro atoms. The summed E-state index contributed by atoms with van der Waals surface area (Å²) in [5.74, 6) is -0.0562. The number of rotatable bonds is 5. The van der Waals surface area contributed by atoms with Crippen LogP contribution in [0.25, 0.3) is 0 Å². The zero-order valence-corrected chi connectivity index (χ0v) is 13.1. The Bertz CT molecular complexity index is 820. The molecule has 22 heavy (non-hydrogen) atoms. The standard InChI is InChI=1S/C12H15N5O4S/c1-4-16-10(18)9(11(19)17(5-2)12(16)22)14-13-7-6-8(20-3)21-15-7/h6,18H,4-5H2,1-3H3. The lowest BCUT2D eigenvalue weighted by Gasteiger charge is -2.12. The smallest absolute Gasteiger partial charge is 0.313 e. The number of methoxy groups -OCH3 is 1. The van der Waals surface area contributed by atoms with Gasteiger partial charge in [-0.25, -0.2) is 0 Å². The first-order chi connectivity index (χ1) is 10.5. The minimum atomic E-state index is -0.520. The Morgan fingerprint density at radius 1 is 1.36 bits per heavy atom. The van der Waals surface area contributed by atoms with E-state index >= 15 is 0 Å². The first-order valence-electron chi connectivity index (χ1n) is 6.52. The fraction of sp³-hybridized carbons (Fsp3) is 0.417. The van der Waals surface area contributed by atoms with Gasteiger partial charge in [0.25, 0.3) is 5.56 Å². The van der Waals surface area contributed by atoms with Crippen LogP contribution in [0.15, 0.2) is 25.6 Å². The van der Waals surface area contributed by atoms with Crippen molar-refractivity contribution in [1.29, 1.82) is 0 Å². The molecule has 0 aliphatic heterocycles. The summed E-state index contributed by atoms with van der Waals surface area (Å²) in [6.45, 7) is 4.32. The minimum Gasteiger partial charge on any atom is -0.493 e. The van der Waals surface area contributed by atoms with E-state index in [1.54, 1.807) is 13.8 Å². The van der Waals surface area contributed by atoms with Crippen LogP contribution in [0, 0.1) is 4.77 Å². The highest BCUT2D eigenvalue weighted by molar-refractivity contribution is 7.71. The number of aromatic nitrogens is 3. The van der Waals surface area contributed by atoms with Crippen molar-refractivity contribution in [3.05, 3.63) is 21.2 Å². The normalized spacial score (nSPS) is 11.2. The molecule has 0 aliphatic rings. The van der Waals surface area contributed by atoms with E-state index < -0.39 is 5.56 Å². The maximum Gasteiger partial charge on any atom is 0.313 e. The van der Waals surface area contributed by atoms with Crippen LogP contribution in [-0.4, -0.2) is 26.5 Å². The van der Waals surface area contributed by atoms with Gasteiger partial charge in [0.1, 0.15) is 0 Å². The Kier molecular flexibility index (Phi) is 4.71. The van der Waals surface area contributed by atoms with Gasteiger partial charge in [0, 0.05) is 13.1 Å². The van der Waals surface area contributed by atoms with Crippen molar-refractivity contribution in [3.63, 3.8) is 0 Å². The molecule has 2 heterocycles. The van der Waals surface area contributed by atoms with Gasteiger partial charge in [-0.2, -0.15) is 0 Å². The Balaban J connectivity index is 2.55. The average Bonchev–Trinajstić information content (AvgIpc) is 2.96.